The van der Waals surface area contributed by atoms with Crippen molar-refractivity contribution in [1.82, 2.24) is 5.32 Å². The molecular formula is C15H19IN2O3. The molecule has 2 atom stereocenters. The number of anilines is 1. The normalized spacial score (nSPS) is 24.6. The minimum absolute atomic E-state index is 0.0681. The molecule has 0 spiro atoms. The number of carbonyl (C=O) groups excluding carboxylic acids is 2. The number of hydrogen-bond donors (Lipinski definition) is 3. The molecule has 5 nitrogen and oxygen atoms in total. The second kappa shape index (κ2) is 6.74. The number of alkyl halides is 1. The van der Waals surface area contributed by atoms with Crippen molar-refractivity contribution in [3.8, 4) is 0 Å². The molecule has 114 valence electrons. The van der Waals surface area contributed by atoms with Gasteiger partial charge in [-0.05, 0) is 37.8 Å². The van der Waals surface area contributed by atoms with Crippen LogP contribution in [0.4, 0.5) is 10.5 Å². The largest absolute Gasteiger partial charge is 0.394 e. The van der Waals surface area contributed by atoms with Gasteiger partial charge in [0.2, 0.25) is 0 Å². The summed E-state index contributed by atoms with van der Waals surface area (Å²) >= 11 is 2.28. The molecule has 1 fully saturated rings. The molecule has 2 unspecified atom stereocenters. The monoisotopic (exact) mass is 402 g/mol. The molecular weight excluding hydrogens is 383 g/mol. The van der Waals surface area contributed by atoms with Crippen LogP contribution in [0.3, 0.4) is 0 Å². The van der Waals surface area contributed by atoms with Crippen molar-refractivity contribution in [2.24, 2.45) is 0 Å². The zero-order valence-corrected chi connectivity index (χ0v) is 14.0. The van der Waals surface area contributed by atoms with Gasteiger partial charge in [0.05, 0.1) is 12.1 Å². The molecule has 0 aliphatic heterocycles. The maximum atomic E-state index is 12.2. The van der Waals surface area contributed by atoms with Crippen LogP contribution in [0.25, 0.3) is 0 Å². The average molecular weight is 402 g/mol. The summed E-state index contributed by atoms with van der Waals surface area (Å²) in [5, 5.41) is 15.3. The molecule has 1 aromatic carbocycles. The van der Waals surface area contributed by atoms with E-state index in [1.807, 2.05) is 0 Å². The molecule has 2 rings (SSSR count). The van der Waals surface area contributed by atoms with Gasteiger partial charge >= 0.3 is 6.03 Å². The van der Waals surface area contributed by atoms with E-state index in [4.69, 9.17) is 0 Å². The lowest BCUT2D eigenvalue weighted by molar-refractivity contribution is 0.112. The van der Waals surface area contributed by atoms with E-state index in [0.717, 1.165) is 31.1 Å². The lowest BCUT2D eigenvalue weighted by atomic mass is 9.99. The number of benzene rings is 1. The van der Waals surface area contributed by atoms with Gasteiger partial charge in [0.25, 0.3) is 0 Å². The molecule has 0 radical (unpaired) electrons. The first-order valence-electron chi connectivity index (χ1n) is 6.91. The number of aliphatic hydroxyl groups excluding tert-OH is 1. The zero-order valence-electron chi connectivity index (χ0n) is 11.9. The summed E-state index contributed by atoms with van der Waals surface area (Å²) in [7, 11) is 0. The molecule has 3 N–H and O–H groups in total. The molecule has 1 aromatic rings. The van der Waals surface area contributed by atoms with Crippen LogP contribution in [0.5, 0.6) is 0 Å². The van der Waals surface area contributed by atoms with Crippen LogP contribution >= 0.6 is 22.6 Å². The molecule has 1 aliphatic carbocycles. The van der Waals surface area contributed by atoms with Gasteiger partial charge in [-0.2, -0.15) is 0 Å². The van der Waals surface area contributed by atoms with Crippen LogP contribution in [-0.4, -0.2) is 33.5 Å². The predicted molar refractivity (Wildman–Crippen MR) is 90.2 cm³/mol. The SMILES string of the molecule is Cc1c(C=O)cccc1NC(=O)NC1(CO)CCCC1I. The van der Waals surface area contributed by atoms with Gasteiger partial charge in [0, 0.05) is 15.2 Å². The van der Waals surface area contributed by atoms with Crippen LogP contribution in [0.15, 0.2) is 18.2 Å². The van der Waals surface area contributed by atoms with E-state index >= 15 is 0 Å². The first kappa shape index (κ1) is 16.2. The minimum Gasteiger partial charge on any atom is -0.394 e. The van der Waals surface area contributed by atoms with Gasteiger partial charge in [-0.1, -0.05) is 34.7 Å². The highest BCUT2D eigenvalue weighted by atomic mass is 127. The maximum Gasteiger partial charge on any atom is 0.319 e. The van der Waals surface area contributed by atoms with Crippen LogP contribution in [0, 0.1) is 6.92 Å². The van der Waals surface area contributed by atoms with Crippen molar-refractivity contribution >= 4 is 40.6 Å². The van der Waals surface area contributed by atoms with Crippen molar-refractivity contribution in [2.45, 2.75) is 35.6 Å². The highest BCUT2D eigenvalue weighted by Crippen LogP contribution is 2.35. The second-order valence-electron chi connectivity index (χ2n) is 5.39. The molecule has 0 saturated heterocycles. The lowest BCUT2D eigenvalue weighted by Gasteiger charge is -2.32. The molecule has 0 heterocycles. The Hall–Kier alpha value is -1.15. The Morgan fingerprint density at radius 3 is 2.90 bits per heavy atom. The molecule has 0 aromatic heterocycles. The Kier molecular flexibility index (Phi) is 5.21. The van der Waals surface area contributed by atoms with Crippen molar-refractivity contribution in [3.63, 3.8) is 0 Å². The summed E-state index contributed by atoms with van der Waals surface area (Å²) in [6.45, 7) is 1.72. The summed E-state index contributed by atoms with van der Waals surface area (Å²) in [6, 6.07) is 4.84. The van der Waals surface area contributed by atoms with E-state index in [-0.39, 0.29) is 16.6 Å². The lowest BCUT2D eigenvalue weighted by Crippen LogP contribution is -2.55. The smallest absolute Gasteiger partial charge is 0.319 e. The van der Waals surface area contributed by atoms with E-state index in [0.29, 0.717) is 11.3 Å². The Morgan fingerprint density at radius 1 is 1.57 bits per heavy atom. The van der Waals surface area contributed by atoms with E-state index in [2.05, 4.69) is 33.2 Å². The first-order chi connectivity index (χ1) is 10.0. The molecule has 2 amide bonds. The van der Waals surface area contributed by atoms with E-state index in [1.165, 1.54) is 0 Å². The quantitative estimate of drug-likeness (QED) is 0.412. The number of aldehydes is 1. The van der Waals surface area contributed by atoms with E-state index in [1.54, 1.807) is 25.1 Å². The number of nitrogens with one attached hydrogen (secondary N) is 2. The third-order valence-corrected chi connectivity index (χ3v) is 5.89. The maximum absolute atomic E-state index is 12.2. The minimum atomic E-state index is -0.555. The van der Waals surface area contributed by atoms with Crippen molar-refractivity contribution in [1.29, 1.82) is 0 Å². The van der Waals surface area contributed by atoms with Gasteiger partial charge in [0.1, 0.15) is 6.29 Å². The Bertz CT molecular complexity index is 550. The van der Waals surface area contributed by atoms with E-state index < -0.39 is 5.54 Å². The third-order valence-electron chi connectivity index (χ3n) is 4.08. The van der Waals surface area contributed by atoms with Crippen molar-refractivity contribution < 1.29 is 14.7 Å². The Labute approximate surface area is 137 Å². The summed E-state index contributed by atoms with van der Waals surface area (Å²) in [5.74, 6) is 0. The van der Waals surface area contributed by atoms with Gasteiger partial charge < -0.3 is 15.7 Å². The topological polar surface area (TPSA) is 78.4 Å². The summed E-state index contributed by atoms with van der Waals surface area (Å²) in [4.78, 5) is 23.1. The summed E-state index contributed by atoms with van der Waals surface area (Å²) in [5.41, 5.74) is 1.34. The van der Waals surface area contributed by atoms with Crippen molar-refractivity contribution in [2.75, 3.05) is 11.9 Å². The molecule has 6 heteroatoms. The zero-order chi connectivity index (χ0) is 15.5. The number of aliphatic hydroxyl groups is 1. The van der Waals surface area contributed by atoms with Gasteiger partial charge in [0.15, 0.2) is 0 Å². The predicted octanol–water partition coefficient (Wildman–Crippen LogP) is 2.65. The standard InChI is InChI=1S/C15H19IN2O3/c1-10-11(8-19)4-2-5-12(10)17-14(21)18-15(9-20)7-3-6-13(15)16/h2,4-5,8,13,20H,3,6-7,9H2,1H3,(H2,17,18,21). The Morgan fingerprint density at radius 2 is 2.33 bits per heavy atom. The number of hydrogen-bond acceptors (Lipinski definition) is 3. The summed E-state index contributed by atoms with van der Waals surface area (Å²) in [6.07, 6.45) is 3.53. The first-order valence-corrected chi connectivity index (χ1v) is 8.16. The number of halogens is 1. The van der Waals surface area contributed by atoms with Gasteiger partial charge in [-0.15, -0.1) is 0 Å². The third kappa shape index (κ3) is 3.37. The van der Waals surface area contributed by atoms with Crippen molar-refractivity contribution in [3.05, 3.63) is 29.3 Å². The van der Waals surface area contributed by atoms with Gasteiger partial charge in [-0.3, -0.25) is 4.79 Å². The fourth-order valence-electron chi connectivity index (χ4n) is 2.68. The van der Waals surface area contributed by atoms with Gasteiger partial charge in [-0.25, -0.2) is 4.79 Å². The van der Waals surface area contributed by atoms with E-state index in [9.17, 15) is 14.7 Å². The highest BCUT2D eigenvalue weighted by Gasteiger charge is 2.42. The molecule has 0 bridgehead atoms. The number of amides is 2. The number of rotatable bonds is 4. The average Bonchev–Trinajstić information content (AvgIpc) is 2.82. The van der Waals surface area contributed by atoms with Crippen LogP contribution in [0.1, 0.15) is 35.2 Å². The number of urea groups is 1. The summed E-state index contributed by atoms with van der Waals surface area (Å²) < 4.78 is 0.216. The second-order valence-corrected chi connectivity index (χ2v) is 6.89. The van der Waals surface area contributed by atoms with Crippen LogP contribution in [0.2, 0.25) is 0 Å². The number of carbonyl (C=O) groups is 2. The fraction of sp³-hybridized carbons (Fsp3) is 0.467. The molecule has 21 heavy (non-hydrogen) atoms. The molecule has 1 aliphatic rings. The molecule has 1 saturated carbocycles. The highest BCUT2D eigenvalue weighted by molar-refractivity contribution is 14.1. The van der Waals surface area contributed by atoms with Crippen LogP contribution in [-0.2, 0) is 0 Å². The Balaban J connectivity index is 2.10. The fourth-order valence-corrected chi connectivity index (χ4v) is 3.79. The van der Waals surface area contributed by atoms with Crippen LogP contribution < -0.4 is 10.6 Å².